The van der Waals surface area contributed by atoms with Crippen molar-refractivity contribution in [2.75, 3.05) is 0 Å². The van der Waals surface area contributed by atoms with E-state index in [9.17, 15) is 25.0 Å². The van der Waals surface area contributed by atoms with Crippen molar-refractivity contribution in [3.63, 3.8) is 0 Å². The molecule has 0 unspecified atom stereocenters. The zero-order valence-electron chi connectivity index (χ0n) is 9.07. The number of carbonyl (C=O) groups is 1. The van der Waals surface area contributed by atoms with Crippen LogP contribution in [0.3, 0.4) is 0 Å². The first-order valence-corrected chi connectivity index (χ1v) is 5.11. The molecule has 8 nitrogen and oxygen atoms in total. The van der Waals surface area contributed by atoms with Crippen molar-refractivity contribution in [2.24, 2.45) is 0 Å². The van der Waals surface area contributed by atoms with E-state index in [1.807, 2.05) is 0 Å². The van der Waals surface area contributed by atoms with Crippen LogP contribution >= 0.6 is 0 Å². The first kappa shape index (κ1) is 12.0. The molecule has 0 spiro atoms. The summed E-state index contributed by atoms with van der Waals surface area (Å²) < 4.78 is 4.93. The Morgan fingerprint density at radius 1 is 1.22 bits per heavy atom. The lowest BCUT2D eigenvalue weighted by molar-refractivity contribution is -0.394. The molecule has 0 amide bonds. The Bertz CT molecular complexity index is 541. The predicted octanol–water partition coefficient (Wildman–Crippen LogP) is 1.88. The maximum Gasteiger partial charge on any atom is 0.306 e. The molecule has 1 saturated heterocycles. The Morgan fingerprint density at radius 2 is 1.94 bits per heavy atom. The second kappa shape index (κ2) is 4.40. The van der Waals surface area contributed by atoms with Gasteiger partial charge in [-0.15, -0.1) is 0 Å². The minimum atomic E-state index is -0.714. The van der Waals surface area contributed by atoms with Gasteiger partial charge in [0.25, 0.3) is 11.4 Å². The normalized spacial score (nSPS) is 18.4. The topological polar surface area (TPSA) is 113 Å². The van der Waals surface area contributed by atoms with Crippen LogP contribution in [-0.4, -0.2) is 15.8 Å². The molecule has 0 bridgehead atoms. The van der Waals surface area contributed by atoms with Crippen molar-refractivity contribution < 1.29 is 19.4 Å². The second-order valence-electron chi connectivity index (χ2n) is 3.77. The van der Waals surface area contributed by atoms with Crippen LogP contribution in [0.1, 0.15) is 24.5 Å². The van der Waals surface area contributed by atoms with Crippen LogP contribution in [0.15, 0.2) is 18.2 Å². The summed E-state index contributed by atoms with van der Waals surface area (Å²) in [6.07, 6.45) is -0.158. The van der Waals surface area contributed by atoms with Crippen LogP contribution < -0.4 is 0 Å². The number of carbonyl (C=O) groups excluding carboxylic acids is 1. The van der Waals surface area contributed by atoms with Gasteiger partial charge in [-0.05, 0) is 12.5 Å². The quantitative estimate of drug-likeness (QED) is 0.461. The third kappa shape index (κ3) is 2.12. The van der Waals surface area contributed by atoms with Crippen LogP contribution in [0.4, 0.5) is 11.4 Å². The molecule has 0 aliphatic carbocycles. The summed E-state index contributed by atoms with van der Waals surface area (Å²) >= 11 is 0. The van der Waals surface area contributed by atoms with Gasteiger partial charge in [0.05, 0.1) is 21.5 Å². The van der Waals surface area contributed by atoms with Gasteiger partial charge in [0.2, 0.25) is 0 Å². The van der Waals surface area contributed by atoms with Gasteiger partial charge in [-0.25, -0.2) is 0 Å². The van der Waals surface area contributed by atoms with E-state index in [1.54, 1.807) is 0 Å². The Morgan fingerprint density at radius 3 is 2.44 bits per heavy atom. The number of cyclic esters (lactones) is 1. The molecule has 94 valence electrons. The number of rotatable bonds is 3. The highest BCUT2D eigenvalue weighted by Crippen LogP contribution is 2.36. The summed E-state index contributed by atoms with van der Waals surface area (Å²) in [6.45, 7) is 0. The SMILES string of the molecule is O=C1CC[C@@H](c2ccc([N+](=O)[O-])cc2[N+](=O)[O-])O1. The van der Waals surface area contributed by atoms with E-state index >= 15 is 0 Å². The van der Waals surface area contributed by atoms with E-state index in [0.29, 0.717) is 6.42 Å². The highest BCUT2D eigenvalue weighted by atomic mass is 16.6. The van der Waals surface area contributed by atoms with Gasteiger partial charge in [0, 0.05) is 12.5 Å². The molecule has 1 atom stereocenters. The fourth-order valence-corrected chi connectivity index (χ4v) is 1.82. The van der Waals surface area contributed by atoms with Crippen molar-refractivity contribution in [3.8, 4) is 0 Å². The predicted molar refractivity (Wildman–Crippen MR) is 57.8 cm³/mol. The second-order valence-corrected chi connectivity index (χ2v) is 3.77. The summed E-state index contributed by atoms with van der Waals surface area (Å²) in [7, 11) is 0. The largest absolute Gasteiger partial charge is 0.457 e. The molecule has 1 aliphatic rings. The number of benzene rings is 1. The number of nitro benzene ring substituents is 2. The number of nitro groups is 2. The molecule has 0 saturated carbocycles. The Kier molecular flexibility index (Phi) is 2.92. The molecule has 1 aromatic carbocycles. The molecule has 2 rings (SSSR count). The number of non-ortho nitro benzene ring substituents is 1. The van der Waals surface area contributed by atoms with E-state index < -0.39 is 27.6 Å². The molecule has 1 fully saturated rings. The van der Waals surface area contributed by atoms with Gasteiger partial charge in [-0.3, -0.25) is 25.0 Å². The Hall–Kier alpha value is -2.51. The number of esters is 1. The van der Waals surface area contributed by atoms with E-state index in [1.165, 1.54) is 6.07 Å². The van der Waals surface area contributed by atoms with E-state index in [-0.39, 0.29) is 17.7 Å². The smallest absolute Gasteiger partial charge is 0.306 e. The van der Waals surface area contributed by atoms with Crippen molar-refractivity contribution in [2.45, 2.75) is 18.9 Å². The monoisotopic (exact) mass is 252 g/mol. The van der Waals surface area contributed by atoms with E-state index in [0.717, 1.165) is 12.1 Å². The fraction of sp³-hybridized carbons (Fsp3) is 0.300. The summed E-state index contributed by atoms with van der Waals surface area (Å²) in [6, 6.07) is 3.30. The van der Waals surface area contributed by atoms with Gasteiger partial charge < -0.3 is 4.74 Å². The molecular weight excluding hydrogens is 244 g/mol. The average Bonchev–Trinajstić information content (AvgIpc) is 2.74. The average molecular weight is 252 g/mol. The van der Waals surface area contributed by atoms with Crippen LogP contribution in [0.5, 0.6) is 0 Å². The van der Waals surface area contributed by atoms with Crippen molar-refractivity contribution in [1.82, 2.24) is 0 Å². The zero-order chi connectivity index (χ0) is 13.3. The third-order valence-corrected chi connectivity index (χ3v) is 2.65. The van der Waals surface area contributed by atoms with Crippen molar-refractivity contribution in [1.29, 1.82) is 0 Å². The molecule has 0 aromatic heterocycles. The van der Waals surface area contributed by atoms with Crippen LogP contribution in [0.2, 0.25) is 0 Å². The molecule has 1 aromatic rings. The third-order valence-electron chi connectivity index (χ3n) is 2.65. The van der Waals surface area contributed by atoms with Crippen molar-refractivity contribution >= 4 is 17.3 Å². The molecule has 1 aliphatic heterocycles. The number of hydrogen-bond donors (Lipinski definition) is 0. The minimum Gasteiger partial charge on any atom is -0.457 e. The lowest BCUT2D eigenvalue weighted by Gasteiger charge is -2.09. The highest BCUT2D eigenvalue weighted by molar-refractivity contribution is 5.72. The Labute approximate surface area is 100 Å². The zero-order valence-corrected chi connectivity index (χ0v) is 9.07. The highest BCUT2D eigenvalue weighted by Gasteiger charge is 2.31. The molecule has 8 heteroatoms. The summed E-state index contributed by atoms with van der Waals surface area (Å²) in [5, 5.41) is 21.4. The maximum absolute atomic E-state index is 11.0. The maximum atomic E-state index is 11.0. The van der Waals surface area contributed by atoms with Gasteiger partial charge in [0.1, 0.15) is 6.10 Å². The van der Waals surface area contributed by atoms with Gasteiger partial charge in [0.15, 0.2) is 0 Å². The van der Waals surface area contributed by atoms with Gasteiger partial charge in [-0.1, -0.05) is 0 Å². The van der Waals surface area contributed by atoms with Crippen LogP contribution in [-0.2, 0) is 9.53 Å². The summed E-state index contributed by atoms with van der Waals surface area (Å²) in [5.41, 5.74) is -0.574. The lowest BCUT2D eigenvalue weighted by atomic mass is 10.0. The van der Waals surface area contributed by atoms with Crippen LogP contribution in [0, 0.1) is 20.2 Å². The first-order chi connectivity index (χ1) is 8.49. The minimum absolute atomic E-state index is 0.191. The molecular formula is C10H8N2O6. The summed E-state index contributed by atoms with van der Waals surface area (Å²) in [4.78, 5) is 31.0. The number of hydrogen-bond acceptors (Lipinski definition) is 6. The first-order valence-electron chi connectivity index (χ1n) is 5.11. The van der Waals surface area contributed by atoms with E-state index in [2.05, 4.69) is 0 Å². The fourth-order valence-electron chi connectivity index (χ4n) is 1.82. The molecule has 1 heterocycles. The van der Waals surface area contributed by atoms with Gasteiger partial charge >= 0.3 is 5.97 Å². The lowest BCUT2D eigenvalue weighted by Crippen LogP contribution is -2.03. The van der Waals surface area contributed by atoms with Crippen molar-refractivity contribution in [3.05, 3.63) is 44.0 Å². The summed E-state index contributed by atoms with van der Waals surface area (Å²) in [5.74, 6) is -0.423. The number of nitrogens with zero attached hydrogens (tertiary/aromatic N) is 2. The molecule has 0 N–H and O–H groups in total. The number of ether oxygens (including phenoxy) is 1. The van der Waals surface area contributed by atoms with E-state index in [4.69, 9.17) is 4.74 Å². The molecule has 18 heavy (non-hydrogen) atoms. The standard InChI is InChI=1S/C10H8N2O6/c13-10-4-3-9(18-10)7-2-1-6(11(14)15)5-8(7)12(16)17/h1-2,5,9H,3-4H2/t9-/m0/s1. The molecule has 0 radical (unpaired) electrons. The van der Waals surface area contributed by atoms with Crippen LogP contribution in [0.25, 0.3) is 0 Å². The van der Waals surface area contributed by atoms with Gasteiger partial charge in [-0.2, -0.15) is 0 Å². The Balaban J connectivity index is 2.44.